The minimum absolute atomic E-state index is 0.0802. The molecule has 3 rings (SSSR count). The van der Waals surface area contributed by atoms with E-state index < -0.39 is 6.61 Å². The minimum atomic E-state index is -2.96. The number of amides is 1. The summed E-state index contributed by atoms with van der Waals surface area (Å²) in [5, 5.41) is 2.73. The van der Waals surface area contributed by atoms with Crippen LogP contribution in [0.15, 0.2) is 53.1 Å². The molecule has 0 unspecified atom stereocenters. The predicted molar refractivity (Wildman–Crippen MR) is 102 cm³/mol. The van der Waals surface area contributed by atoms with Gasteiger partial charge in [-0.3, -0.25) is 4.79 Å². The van der Waals surface area contributed by atoms with Crippen LogP contribution in [-0.4, -0.2) is 24.6 Å². The number of hydrogen-bond acceptors (Lipinski definition) is 5. The third-order valence-electron chi connectivity index (χ3n) is 4.18. The van der Waals surface area contributed by atoms with Crippen molar-refractivity contribution in [2.45, 2.75) is 26.0 Å². The molecule has 0 aliphatic carbocycles. The van der Waals surface area contributed by atoms with Crippen molar-refractivity contribution in [1.29, 1.82) is 0 Å². The summed E-state index contributed by atoms with van der Waals surface area (Å²) < 4.78 is 52.7. The van der Waals surface area contributed by atoms with E-state index in [1.165, 1.54) is 37.6 Å². The average Bonchev–Trinajstić information content (AvgIpc) is 3.20. The number of ether oxygens (including phenoxy) is 2. The lowest BCUT2D eigenvalue weighted by molar-refractivity contribution is -0.121. The van der Waals surface area contributed by atoms with Crippen molar-refractivity contribution in [3.8, 4) is 22.8 Å². The molecule has 1 N–H and O–H groups in total. The van der Waals surface area contributed by atoms with Gasteiger partial charge in [0.15, 0.2) is 23.1 Å². The molecule has 6 nitrogen and oxygen atoms in total. The topological polar surface area (TPSA) is 73.6 Å². The smallest absolute Gasteiger partial charge is 0.387 e. The van der Waals surface area contributed by atoms with Gasteiger partial charge in [-0.25, -0.2) is 9.37 Å². The summed E-state index contributed by atoms with van der Waals surface area (Å²) in [7, 11) is 1.34. The number of halogens is 3. The second-order valence-electron chi connectivity index (χ2n) is 6.27. The number of aryl methyl sites for hydroxylation is 1. The first-order valence-electron chi connectivity index (χ1n) is 9.03. The van der Waals surface area contributed by atoms with Gasteiger partial charge in [-0.05, 0) is 42.0 Å². The number of oxazole rings is 1. The monoisotopic (exact) mass is 420 g/mol. The highest BCUT2D eigenvalue weighted by atomic mass is 19.3. The van der Waals surface area contributed by atoms with Crippen LogP contribution in [-0.2, 0) is 17.8 Å². The Kier molecular flexibility index (Phi) is 6.95. The van der Waals surface area contributed by atoms with Gasteiger partial charge >= 0.3 is 6.61 Å². The molecular formula is C21H19F3N2O4. The van der Waals surface area contributed by atoms with E-state index in [1.807, 2.05) is 0 Å². The number of carbonyl (C=O) groups excluding carboxylic acids is 1. The average molecular weight is 420 g/mol. The lowest BCUT2D eigenvalue weighted by Gasteiger charge is -2.12. The van der Waals surface area contributed by atoms with Crippen molar-refractivity contribution >= 4 is 5.91 Å². The van der Waals surface area contributed by atoms with Crippen molar-refractivity contribution in [2.75, 3.05) is 7.11 Å². The van der Waals surface area contributed by atoms with Crippen LogP contribution in [0.3, 0.4) is 0 Å². The van der Waals surface area contributed by atoms with E-state index in [4.69, 9.17) is 9.15 Å². The maximum Gasteiger partial charge on any atom is 0.387 e. The highest BCUT2D eigenvalue weighted by molar-refractivity contribution is 5.76. The summed E-state index contributed by atoms with van der Waals surface area (Å²) in [6, 6.07) is 10.2. The van der Waals surface area contributed by atoms with Crippen molar-refractivity contribution in [3.63, 3.8) is 0 Å². The normalized spacial score (nSPS) is 10.8. The number of methoxy groups -OCH3 is 1. The third kappa shape index (κ3) is 5.76. The van der Waals surface area contributed by atoms with Crippen molar-refractivity contribution in [2.24, 2.45) is 0 Å². The number of rotatable bonds is 9. The van der Waals surface area contributed by atoms with Crippen LogP contribution >= 0.6 is 0 Å². The molecule has 1 heterocycles. The zero-order valence-corrected chi connectivity index (χ0v) is 16.0. The Bertz CT molecular complexity index is 990. The molecule has 158 valence electrons. The maximum absolute atomic E-state index is 13.0. The van der Waals surface area contributed by atoms with Gasteiger partial charge in [-0.2, -0.15) is 8.78 Å². The van der Waals surface area contributed by atoms with E-state index in [1.54, 1.807) is 18.2 Å². The first-order chi connectivity index (χ1) is 14.4. The molecule has 0 spiro atoms. The number of benzene rings is 2. The fourth-order valence-corrected chi connectivity index (χ4v) is 2.70. The second kappa shape index (κ2) is 9.82. The Morgan fingerprint density at radius 2 is 1.93 bits per heavy atom. The third-order valence-corrected chi connectivity index (χ3v) is 4.18. The second-order valence-corrected chi connectivity index (χ2v) is 6.27. The number of nitrogens with zero attached hydrogens (tertiary/aromatic N) is 1. The minimum Gasteiger partial charge on any atom is -0.493 e. The number of nitrogens with one attached hydrogen (secondary N) is 1. The summed E-state index contributed by atoms with van der Waals surface area (Å²) in [6.45, 7) is -2.76. The van der Waals surface area contributed by atoms with Gasteiger partial charge in [0, 0.05) is 24.9 Å². The molecule has 0 bridgehead atoms. The van der Waals surface area contributed by atoms with Gasteiger partial charge < -0.3 is 19.2 Å². The van der Waals surface area contributed by atoms with E-state index in [2.05, 4.69) is 15.0 Å². The van der Waals surface area contributed by atoms with Crippen LogP contribution in [0.5, 0.6) is 11.5 Å². The molecule has 0 radical (unpaired) electrons. The number of hydrogen-bond donors (Lipinski definition) is 1. The molecule has 0 aliphatic rings. The molecule has 0 saturated carbocycles. The molecule has 9 heteroatoms. The van der Waals surface area contributed by atoms with Gasteiger partial charge in [-0.1, -0.05) is 6.07 Å². The maximum atomic E-state index is 13.0. The zero-order valence-electron chi connectivity index (χ0n) is 16.0. The lowest BCUT2D eigenvalue weighted by Crippen LogP contribution is -2.23. The summed E-state index contributed by atoms with van der Waals surface area (Å²) in [4.78, 5) is 16.2. The van der Waals surface area contributed by atoms with E-state index in [0.717, 1.165) is 0 Å². The molecule has 3 aromatic rings. The van der Waals surface area contributed by atoms with Gasteiger partial charge in [0.25, 0.3) is 0 Å². The molecule has 30 heavy (non-hydrogen) atoms. The van der Waals surface area contributed by atoms with Crippen LogP contribution in [0.1, 0.15) is 17.9 Å². The van der Waals surface area contributed by atoms with Gasteiger partial charge in [0.05, 0.1) is 13.3 Å². The summed E-state index contributed by atoms with van der Waals surface area (Å²) in [5.41, 5.74) is 1.35. The van der Waals surface area contributed by atoms with Crippen molar-refractivity contribution in [1.82, 2.24) is 10.3 Å². The zero-order chi connectivity index (χ0) is 21.5. The fraction of sp³-hybridized carbons (Fsp3) is 0.238. The van der Waals surface area contributed by atoms with Crippen LogP contribution in [0, 0.1) is 5.82 Å². The van der Waals surface area contributed by atoms with Crippen LogP contribution < -0.4 is 14.8 Å². The highest BCUT2D eigenvalue weighted by Gasteiger charge is 2.12. The Balaban J connectivity index is 1.50. The number of alkyl halides is 2. The summed E-state index contributed by atoms with van der Waals surface area (Å²) >= 11 is 0. The Labute approximate surface area is 170 Å². The first-order valence-corrected chi connectivity index (χ1v) is 9.03. The summed E-state index contributed by atoms with van der Waals surface area (Å²) in [6.07, 6.45) is 1.96. The van der Waals surface area contributed by atoms with Crippen molar-refractivity contribution in [3.05, 3.63) is 65.9 Å². The van der Waals surface area contributed by atoms with E-state index in [9.17, 15) is 18.0 Å². The number of carbonyl (C=O) groups is 1. The van der Waals surface area contributed by atoms with Gasteiger partial charge in [-0.15, -0.1) is 0 Å². The van der Waals surface area contributed by atoms with Crippen LogP contribution in [0.25, 0.3) is 11.3 Å². The molecule has 0 saturated heterocycles. The van der Waals surface area contributed by atoms with E-state index >= 15 is 0 Å². The quantitative estimate of drug-likeness (QED) is 0.558. The van der Waals surface area contributed by atoms with Crippen LogP contribution in [0.2, 0.25) is 0 Å². The Morgan fingerprint density at radius 1 is 1.17 bits per heavy atom. The largest absolute Gasteiger partial charge is 0.493 e. The van der Waals surface area contributed by atoms with Gasteiger partial charge in [0.1, 0.15) is 5.82 Å². The predicted octanol–water partition coefficient (Wildman–Crippen LogP) is 4.34. The lowest BCUT2D eigenvalue weighted by atomic mass is 10.2. The highest BCUT2D eigenvalue weighted by Crippen LogP contribution is 2.29. The molecule has 0 fully saturated rings. The van der Waals surface area contributed by atoms with E-state index in [0.29, 0.717) is 22.8 Å². The molecule has 0 atom stereocenters. The molecule has 2 aromatic carbocycles. The SMILES string of the molecule is COc1cc(CNC(=O)CCc2ncc(-c3ccc(F)cc3)o2)ccc1OC(F)F. The van der Waals surface area contributed by atoms with Crippen molar-refractivity contribution < 1.29 is 31.9 Å². The Morgan fingerprint density at radius 3 is 2.63 bits per heavy atom. The standard InChI is InChI=1S/C21H19F3N2O4/c1-28-17-10-13(2-7-16(17)30-21(23)24)11-25-19(27)8-9-20-26-12-18(29-20)14-3-5-15(22)6-4-14/h2-7,10,12,21H,8-9,11H2,1H3,(H,25,27). The first kappa shape index (κ1) is 21.2. The van der Waals surface area contributed by atoms with Gasteiger partial charge in [0.2, 0.25) is 5.91 Å². The summed E-state index contributed by atoms with van der Waals surface area (Å²) in [5.74, 6) is 0.370. The molecular weight excluding hydrogens is 401 g/mol. The Hall–Kier alpha value is -3.49. The molecule has 1 aromatic heterocycles. The van der Waals surface area contributed by atoms with E-state index in [-0.39, 0.29) is 42.6 Å². The number of aromatic nitrogens is 1. The van der Waals surface area contributed by atoms with Crippen LogP contribution in [0.4, 0.5) is 13.2 Å². The fourth-order valence-electron chi connectivity index (χ4n) is 2.70. The molecule has 1 amide bonds. The molecule has 0 aliphatic heterocycles.